The Balaban J connectivity index is 1.42. The van der Waals surface area contributed by atoms with E-state index in [-0.39, 0.29) is 24.1 Å². The standard InChI is InChI=1S/C32H34O4S4/c1-3-31(33)35-27(23-39-29-11-7-5-8-12-29)21-37-19-25-15-17-26(18-16-25)20-38-22-28(36-32(34)4-2)24-40-30-13-9-6-10-14-30/h3-18,27-28H,1-2,19-24H2. The van der Waals surface area contributed by atoms with Crippen molar-refractivity contribution in [3.8, 4) is 0 Å². The Labute approximate surface area is 254 Å². The highest BCUT2D eigenvalue weighted by atomic mass is 32.2. The van der Waals surface area contributed by atoms with Crippen molar-refractivity contribution in [2.45, 2.75) is 33.5 Å². The van der Waals surface area contributed by atoms with Gasteiger partial charge in [-0.15, -0.1) is 23.5 Å². The molecule has 0 N–H and O–H groups in total. The molecule has 0 spiro atoms. The van der Waals surface area contributed by atoms with E-state index in [1.807, 2.05) is 36.4 Å². The summed E-state index contributed by atoms with van der Waals surface area (Å²) in [4.78, 5) is 25.9. The molecule has 0 saturated carbocycles. The molecule has 0 aliphatic carbocycles. The summed E-state index contributed by atoms with van der Waals surface area (Å²) in [7, 11) is 0. The fourth-order valence-corrected chi connectivity index (χ4v) is 7.53. The van der Waals surface area contributed by atoms with Crippen LogP contribution in [0.4, 0.5) is 0 Å². The van der Waals surface area contributed by atoms with E-state index in [0.717, 1.165) is 21.3 Å². The first kappa shape index (κ1) is 32.0. The molecule has 3 aromatic carbocycles. The van der Waals surface area contributed by atoms with Crippen LogP contribution in [-0.2, 0) is 30.6 Å². The molecule has 0 aromatic heterocycles. The molecule has 0 aliphatic heterocycles. The van der Waals surface area contributed by atoms with Gasteiger partial charge in [0.1, 0.15) is 12.2 Å². The fourth-order valence-electron chi connectivity index (χ4n) is 3.42. The van der Waals surface area contributed by atoms with Gasteiger partial charge in [-0.2, -0.15) is 23.5 Å². The van der Waals surface area contributed by atoms with E-state index in [9.17, 15) is 9.59 Å². The molecule has 4 nitrogen and oxygen atoms in total. The van der Waals surface area contributed by atoms with Gasteiger partial charge in [-0.3, -0.25) is 0 Å². The number of thioether (sulfide) groups is 4. The van der Waals surface area contributed by atoms with E-state index in [4.69, 9.17) is 9.47 Å². The number of carbonyl (C=O) groups excluding carboxylic acids is 2. The van der Waals surface area contributed by atoms with Crippen molar-refractivity contribution in [2.24, 2.45) is 0 Å². The van der Waals surface area contributed by atoms with Crippen molar-refractivity contribution in [2.75, 3.05) is 23.0 Å². The molecule has 0 aliphatic rings. The second-order valence-corrected chi connectivity index (χ2v) is 12.9. The molecule has 0 heterocycles. The third kappa shape index (κ3) is 12.8. The summed E-state index contributed by atoms with van der Waals surface area (Å²) in [6.45, 7) is 7.04. The van der Waals surface area contributed by atoms with Gasteiger partial charge < -0.3 is 9.47 Å². The number of esters is 2. The molecular formula is C32H34O4S4. The van der Waals surface area contributed by atoms with E-state index in [0.29, 0.717) is 23.0 Å². The van der Waals surface area contributed by atoms with Crippen molar-refractivity contribution in [3.05, 3.63) is 121 Å². The van der Waals surface area contributed by atoms with Crippen LogP contribution < -0.4 is 0 Å². The molecule has 210 valence electrons. The summed E-state index contributed by atoms with van der Waals surface area (Å²) < 4.78 is 11.2. The van der Waals surface area contributed by atoms with Crippen molar-refractivity contribution in [3.63, 3.8) is 0 Å². The number of ether oxygens (including phenoxy) is 2. The molecular weight excluding hydrogens is 577 g/mol. The Kier molecular flexibility index (Phi) is 15.0. The maximum atomic E-state index is 11.8. The molecule has 0 amide bonds. The van der Waals surface area contributed by atoms with Crippen LogP contribution in [0.15, 0.2) is 120 Å². The third-order valence-corrected chi connectivity index (χ3v) is 10.0. The molecule has 3 aromatic rings. The fraction of sp³-hybridized carbons (Fsp3) is 0.250. The Morgan fingerprint density at radius 2 is 0.975 bits per heavy atom. The summed E-state index contributed by atoms with van der Waals surface area (Å²) in [5.41, 5.74) is 2.45. The first-order valence-electron chi connectivity index (χ1n) is 12.8. The van der Waals surface area contributed by atoms with Crippen molar-refractivity contribution in [1.29, 1.82) is 0 Å². The summed E-state index contributed by atoms with van der Waals surface area (Å²) >= 11 is 6.87. The van der Waals surface area contributed by atoms with Gasteiger partial charge in [0.05, 0.1) is 0 Å². The zero-order valence-electron chi connectivity index (χ0n) is 22.3. The Bertz CT molecular complexity index is 1090. The number of hydrogen-bond acceptors (Lipinski definition) is 8. The number of benzene rings is 3. The highest BCUT2D eigenvalue weighted by molar-refractivity contribution is 8.00. The highest BCUT2D eigenvalue weighted by Crippen LogP contribution is 2.24. The monoisotopic (exact) mass is 610 g/mol. The molecule has 8 heteroatoms. The molecule has 2 atom stereocenters. The SMILES string of the molecule is C=CC(=O)OC(CSCc1ccc(CSCC(CSc2ccccc2)OC(=O)C=C)cc1)CSc1ccccc1. The maximum absolute atomic E-state index is 11.8. The molecule has 0 bridgehead atoms. The lowest BCUT2D eigenvalue weighted by molar-refractivity contribution is -0.141. The second kappa shape index (κ2) is 18.8. The van der Waals surface area contributed by atoms with E-state index >= 15 is 0 Å². The first-order chi connectivity index (χ1) is 19.6. The quantitative estimate of drug-likeness (QED) is 0.0818. The third-order valence-electron chi connectivity index (χ3n) is 5.43. The van der Waals surface area contributed by atoms with Crippen LogP contribution >= 0.6 is 47.0 Å². The summed E-state index contributed by atoms with van der Waals surface area (Å²) in [6, 6.07) is 28.8. The van der Waals surface area contributed by atoms with Gasteiger partial charge in [-0.1, -0.05) is 73.8 Å². The van der Waals surface area contributed by atoms with Crippen molar-refractivity contribution >= 4 is 59.0 Å². The number of hydrogen-bond donors (Lipinski definition) is 0. The average Bonchev–Trinajstić information content (AvgIpc) is 3.00. The molecule has 0 radical (unpaired) electrons. The van der Waals surface area contributed by atoms with E-state index in [2.05, 4.69) is 61.7 Å². The average molecular weight is 611 g/mol. The Morgan fingerprint density at radius 1 is 0.600 bits per heavy atom. The van der Waals surface area contributed by atoms with Gasteiger partial charge in [-0.05, 0) is 35.4 Å². The minimum absolute atomic E-state index is 0.195. The van der Waals surface area contributed by atoms with Crippen molar-refractivity contribution in [1.82, 2.24) is 0 Å². The normalized spacial score (nSPS) is 12.2. The predicted octanol–water partition coefficient (Wildman–Crippen LogP) is 7.93. The zero-order chi connectivity index (χ0) is 28.4. The first-order valence-corrected chi connectivity index (χ1v) is 17.1. The zero-order valence-corrected chi connectivity index (χ0v) is 25.6. The molecule has 40 heavy (non-hydrogen) atoms. The van der Waals surface area contributed by atoms with Gasteiger partial charge in [-0.25, -0.2) is 9.59 Å². The predicted molar refractivity (Wildman–Crippen MR) is 173 cm³/mol. The molecule has 2 unspecified atom stereocenters. The Hall–Kier alpha value is -2.52. The lowest BCUT2D eigenvalue weighted by Crippen LogP contribution is -2.22. The minimum atomic E-state index is -0.388. The van der Waals surface area contributed by atoms with Gasteiger partial charge >= 0.3 is 11.9 Å². The smallest absolute Gasteiger partial charge is 0.330 e. The van der Waals surface area contributed by atoms with Gasteiger partial charge in [0, 0.05) is 56.5 Å². The summed E-state index contributed by atoms with van der Waals surface area (Å²) in [6.07, 6.45) is 2.05. The van der Waals surface area contributed by atoms with Crippen LogP contribution in [0.1, 0.15) is 11.1 Å². The van der Waals surface area contributed by atoms with E-state index in [1.54, 1.807) is 47.0 Å². The van der Waals surface area contributed by atoms with Crippen LogP contribution in [0, 0.1) is 0 Å². The highest BCUT2D eigenvalue weighted by Gasteiger charge is 2.15. The molecule has 0 saturated heterocycles. The van der Waals surface area contributed by atoms with Crippen LogP contribution in [0.2, 0.25) is 0 Å². The van der Waals surface area contributed by atoms with Crippen molar-refractivity contribution < 1.29 is 19.1 Å². The van der Waals surface area contributed by atoms with Gasteiger partial charge in [0.25, 0.3) is 0 Å². The van der Waals surface area contributed by atoms with Gasteiger partial charge in [0.15, 0.2) is 0 Å². The van der Waals surface area contributed by atoms with Crippen LogP contribution in [0.5, 0.6) is 0 Å². The van der Waals surface area contributed by atoms with Gasteiger partial charge in [0.2, 0.25) is 0 Å². The maximum Gasteiger partial charge on any atom is 0.330 e. The van der Waals surface area contributed by atoms with E-state index < -0.39 is 0 Å². The Morgan fingerprint density at radius 3 is 1.32 bits per heavy atom. The topological polar surface area (TPSA) is 52.6 Å². The number of rotatable bonds is 18. The van der Waals surface area contributed by atoms with Crippen LogP contribution in [0.25, 0.3) is 0 Å². The minimum Gasteiger partial charge on any atom is -0.457 e. The summed E-state index contributed by atoms with van der Waals surface area (Å²) in [5.74, 6) is 3.71. The molecule has 0 fully saturated rings. The lowest BCUT2D eigenvalue weighted by atomic mass is 10.2. The molecule has 3 rings (SSSR count). The van der Waals surface area contributed by atoms with E-state index in [1.165, 1.54) is 23.3 Å². The second-order valence-electron chi connectivity index (χ2n) is 8.62. The number of carbonyl (C=O) groups is 2. The van der Waals surface area contributed by atoms with Crippen LogP contribution in [-0.4, -0.2) is 47.2 Å². The van der Waals surface area contributed by atoms with Crippen LogP contribution in [0.3, 0.4) is 0 Å². The lowest BCUT2D eigenvalue weighted by Gasteiger charge is -2.17. The summed E-state index contributed by atoms with van der Waals surface area (Å²) in [5, 5.41) is 0. The largest absolute Gasteiger partial charge is 0.457 e.